The molecule has 0 fully saturated rings. The Hall–Kier alpha value is -4.03. The van der Waals surface area contributed by atoms with Crippen molar-refractivity contribution < 1.29 is 19.0 Å². The van der Waals surface area contributed by atoms with Crippen LogP contribution in [0.2, 0.25) is 0 Å². The van der Waals surface area contributed by atoms with E-state index in [2.05, 4.69) is 21.2 Å². The summed E-state index contributed by atoms with van der Waals surface area (Å²) < 4.78 is 18.2. The van der Waals surface area contributed by atoms with Gasteiger partial charge in [0.2, 0.25) is 5.54 Å². The van der Waals surface area contributed by atoms with Crippen LogP contribution >= 0.6 is 15.9 Å². The SMILES string of the molecule is COC(=O)[C@@](Nc1ccccc1Br)(c1ccccc1)[C@@H]1C=C(c2ccc(OC)cc2)c2ccccc2O1. The van der Waals surface area contributed by atoms with Gasteiger partial charge in [-0.05, 0) is 69.0 Å². The first-order chi connectivity index (χ1) is 18.1. The molecule has 6 heteroatoms. The number of hydrogen-bond donors (Lipinski definition) is 1. The summed E-state index contributed by atoms with van der Waals surface area (Å²) in [7, 11) is 3.04. The number of nitrogens with one attached hydrogen (secondary N) is 1. The number of rotatable bonds is 7. The summed E-state index contributed by atoms with van der Waals surface area (Å²) in [5.74, 6) is 0.980. The molecule has 0 saturated carbocycles. The highest BCUT2D eigenvalue weighted by atomic mass is 79.9. The average Bonchev–Trinajstić information content (AvgIpc) is 2.96. The number of ether oxygens (including phenoxy) is 3. The molecular weight excluding hydrogens is 530 g/mol. The lowest BCUT2D eigenvalue weighted by Crippen LogP contribution is -2.55. The number of para-hydroxylation sites is 2. The smallest absolute Gasteiger partial charge is 0.340 e. The van der Waals surface area contributed by atoms with E-state index in [1.807, 2.05) is 109 Å². The van der Waals surface area contributed by atoms with Crippen LogP contribution in [0.15, 0.2) is 114 Å². The highest BCUT2D eigenvalue weighted by molar-refractivity contribution is 9.10. The second kappa shape index (κ2) is 10.5. The van der Waals surface area contributed by atoms with Crippen LogP contribution in [0, 0.1) is 0 Å². The lowest BCUT2D eigenvalue weighted by atomic mass is 9.80. The van der Waals surface area contributed by atoms with Crippen LogP contribution in [-0.2, 0) is 15.1 Å². The van der Waals surface area contributed by atoms with Gasteiger partial charge in [0, 0.05) is 15.7 Å². The Labute approximate surface area is 224 Å². The molecule has 0 spiro atoms. The van der Waals surface area contributed by atoms with Crippen LogP contribution in [0.1, 0.15) is 16.7 Å². The van der Waals surface area contributed by atoms with Crippen LogP contribution in [-0.4, -0.2) is 26.3 Å². The molecule has 0 aromatic heterocycles. The third kappa shape index (κ3) is 4.60. The molecule has 0 unspecified atom stereocenters. The molecule has 1 N–H and O–H groups in total. The number of hydrogen-bond acceptors (Lipinski definition) is 5. The lowest BCUT2D eigenvalue weighted by Gasteiger charge is -2.41. The molecule has 0 aliphatic carbocycles. The molecule has 4 aromatic carbocycles. The van der Waals surface area contributed by atoms with Crippen molar-refractivity contribution in [1.82, 2.24) is 0 Å². The van der Waals surface area contributed by atoms with E-state index in [9.17, 15) is 4.79 Å². The van der Waals surface area contributed by atoms with Gasteiger partial charge in [0.15, 0.2) is 6.10 Å². The van der Waals surface area contributed by atoms with E-state index in [0.29, 0.717) is 11.3 Å². The van der Waals surface area contributed by atoms with Crippen LogP contribution in [0.4, 0.5) is 5.69 Å². The molecule has 1 aliphatic rings. The van der Waals surface area contributed by atoms with Crippen LogP contribution in [0.25, 0.3) is 5.57 Å². The molecule has 0 bridgehead atoms. The second-order valence-electron chi connectivity index (χ2n) is 8.61. The summed E-state index contributed by atoms with van der Waals surface area (Å²) in [4.78, 5) is 13.9. The van der Waals surface area contributed by atoms with E-state index in [4.69, 9.17) is 14.2 Å². The number of anilines is 1. The fourth-order valence-corrected chi connectivity index (χ4v) is 5.05. The van der Waals surface area contributed by atoms with Crippen molar-refractivity contribution in [2.45, 2.75) is 11.6 Å². The highest BCUT2D eigenvalue weighted by Gasteiger charge is 2.51. The normalized spacial score (nSPS) is 15.9. The van der Waals surface area contributed by atoms with Gasteiger partial charge in [0.25, 0.3) is 0 Å². The Morgan fingerprint density at radius 1 is 0.865 bits per heavy atom. The van der Waals surface area contributed by atoms with Gasteiger partial charge in [0.1, 0.15) is 11.5 Å². The average molecular weight is 556 g/mol. The number of methoxy groups -OCH3 is 2. The van der Waals surface area contributed by atoms with E-state index < -0.39 is 17.6 Å². The zero-order valence-electron chi connectivity index (χ0n) is 20.5. The molecule has 0 saturated heterocycles. The maximum absolute atomic E-state index is 13.9. The predicted octanol–water partition coefficient (Wildman–Crippen LogP) is 6.83. The number of halogens is 1. The number of carbonyl (C=O) groups is 1. The third-order valence-corrected chi connectivity index (χ3v) is 7.21. The first kappa shape index (κ1) is 24.7. The quantitative estimate of drug-likeness (QED) is 0.253. The van der Waals surface area contributed by atoms with Gasteiger partial charge < -0.3 is 19.5 Å². The largest absolute Gasteiger partial charge is 0.497 e. The first-order valence-corrected chi connectivity index (χ1v) is 12.6. The van der Waals surface area contributed by atoms with Crippen molar-refractivity contribution in [2.75, 3.05) is 19.5 Å². The molecule has 37 heavy (non-hydrogen) atoms. The Morgan fingerprint density at radius 2 is 1.54 bits per heavy atom. The van der Waals surface area contributed by atoms with E-state index in [0.717, 1.165) is 32.6 Å². The monoisotopic (exact) mass is 555 g/mol. The molecule has 4 aromatic rings. The Kier molecular flexibility index (Phi) is 7.01. The van der Waals surface area contributed by atoms with Gasteiger partial charge in [0.05, 0.1) is 14.2 Å². The fraction of sp³-hybridized carbons (Fsp3) is 0.129. The Bertz CT molecular complexity index is 1440. The maximum atomic E-state index is 13.9. The predicted molar refractivity (Wildman–Crippen MR) is 149 cm³/mol. The molecule has 0 radical (unpaired) electrons. The topological polar surface area (TPSA) is 56.8 Å². The molecule has 186 valence electrons. The lowest BCUT2D eigenvalue weighted by molar-refractivity contribution is -0.149. The number of fused-ring (bicyclic) bond motifs is 1. The summed E-state index contributed by atoms with van der Waals surface area (Å²) in [6, 6.07) is 32.9. The van der Waals surface area contributed by atoms with Gasteiger partial charge >= 0.3 is 5.97 Å². The summed E-state index contributed by atoms with van der Waals surface area (Å²) in [6.45, 7) is 0. The van der Waals surface area contributed by atoms with Gasteiger partial charge in [-0.15, -0.1) is 0 Å². The molecular formula is C31H26BrNO4. The van der Waals surface area contributed by atoms with E-state index in [1.165, 1.54) is 7.11 Å². The van der Waals surface area contributed by atoms with Crippen molar-refractivity contribution in [3.05, 3.63) is 130 Å². The molecule has 5 rings (SSSR count). The van der Waals surface area contributed by atoms with Gasteiger partial charge in [-0.2, -0.15) is 0 Å². The van der Waals surface area contributed by atoms with E-state index in [-0.39, 0.29) is 0 Å². The molecule has 5 nitrogen and oxygen atoms in total. The standard InChI is InChI=1S/C31H26BrNO4/c1-35-23-18-16-21(17-19-23)25-20-29(37-28-15-9-6-12-24(25)28)31(30(34)36-2,22-10-4-3-5-11-22)33-27-14-8-7-13-26(27)32/h3-20,29,33H,1-2H3/t29-,31+/m0/s1. The molecule has 0 amide bonds. The van der Waals surface area contributed by atoms with E-state index >= 15 is 0 Å². The summed E-state index contributed by atoms with van der Waals surface area (Å²) >= 11 is 3.62. The van der Waals surface area contributed by atoms with Crippen molar-refractivity contribution >= 4 is 33.2 Å². The summed E-state index contributed by atoms with van der Waals surface area (Å²) in [5, 5.41) is 3.51. The number of carbonyl (C=O) groups excluding carboxylic acids is 1. The fourth-order valence-electron chi connectivity index (χ4n) is 4.67. The van der Waals surface area contributed by atoms with Crippen molar-refractivity contribution in [2.24, 2.45) is 0 Å². The van der Waals surface area contributed by atoms with Crippen LogP contribution in [0.5, 0.6) is 11.5 Å². The van der Waals surface area contributed by atoms with E-state index in [1.54, 1.807) is 7.11 Å². The Balaban J connectivity index is 1.74. The van der Waals surface area contributed by atoms with Crippen molar-refractivity contribution in [3.63, 3.8) is 0 Å². The molecule has 1 aliphatic heterocycles. The second-order valence-corrected chi connectivity index (χ2v) is 9.47. The third-order valence-electron chi connectivity index (χ3n) is 6.52. The first-order valence-electron chi connectivity index (χ1n) is 11.9. The highest BCUT2D eigenvalue weighted by Crippen LogP contribution is 2.43. The molecule has 2 atom stereocenters. The maximum Gasteiger partial charge on any atom is 0.340 e. The van der Waals surface area contributed by atoms with Crippen molar-refractivity contribution in [3.8, 4) is 11.5 Å². The zero-order valence-corrected chi connectivity index (χ0v) is 22.1. The van der Waals surface area contributed by atoms with Gasteiger partial charge in [-0.1, -0.05) is 72.8 Å². The minimum atomic E-state index is -1.40. The number of esters is 1. The Morgan fingerprint density at radius 3 is 2.24 bits per heavy atom. The summed E-state index contributed by atoms with van der Waals surface area (Å²) in [5.41, 5.74) is 2.93. The van der Waals surface area contributed by atoms with Gasteiger partial charge in [-0.25, -0.2) is 4.79 Å². The molecule has 1 heterocycles. The van der Waals surface area contributed by atoms with Gasteiger partial charge in [-0.3, -0.25) is 0 Å². The minimum Gasteiger partial charge on any atom is -0.497 e. The zero-order chi connectivity index (χ0) is 25.8. The minimum absolute atomic E-state index is 0.468. The number of benzene rings is 4. The van der Waals surface area contributed by atoms with Crippen LogP contribution < -0.4 is 14.8 Å². The van der Waals surface area contributed by atoms with Crippen molar-refractivity contribution in [1.29, 1.82) is 0 Å². The van der Waals surface area contributed by atoms with Crippen LogP contribution in [0.3, 0.4) is 0 Å². The summed E-state index contributed by atoms with van der Waals surface area (Å²) in [6.07, 6.45) is 1.25.